The van der Waals surface area contributed by atoms with E-state index in [-0.39, 0.29) is 5.75 Å². The minimum Gasteiger partial charge on any atom is -0.406 e. The Morgan fingerprint density at radius 3 is 2.47 bits per heavy atom. The molecule has 0 saturated carbocycles. The minimum absolute atomic E-state index is 0.163. The van der Waals surface area contributed by atoms with E-state index < -0.39 is 6.36 Å². The first-order valence-corrected chi connectivity index (χ1v) is 5.61. The molecule has 15 heavy (non-hydrogen) atoms. The highest BCUT2D eigenvalue weighted by Crippen LogP contribution is 2.29. The van der Waals surface area contributed by atoms with Crippen molar-refractivity contribution in [1.29, 1.82) is 0 Å². The van der Waals surface area contributed by atoms with Crippen molar-refractivity contribution < 1.29 is 17.9 Å². The topological polar surface area (TPSA) is 9.23 Å². The van der Waals surface area contributed by atoms with Crippen LogP contribution in [0.4, 0.5) is 13.2 Å². The van der Waals surface area contributed by atoms with Gasteiger partial charge in [-0.05, 0) is 30.4 Å². The molecule has 0 unspecified atom stereocenters. The molecule has 1 nitrogen and oxygen atoms in total. The lowest BCUT2D eigenvalue weighted by Gasteiger charge is -2.11. The van der Waals surface area contributed by atoms with Crippen LogP contribution in [0.1, 0.15) is 12.5 Å². The van der Waals surface area contributed by atoms with Crippen LogP contribution >= 0.6 is 11.8 Å². The van der Waals surface area contributed by atoms with Crippen molar-refractivity contribution in [3.05, 3.63) is 23.8 Å². The van der Waals surface area contributed by atoms with Crippen LogP contribution in [0.3, 0.4) is 0 Å². The summed E-state index contributed by atoms with van der Waals surface area (Å²) in [4.78, 5) is 0.819. The SMILES string of the molecule is CCc1ccc(OC(F)(F)F)cc1SC. The molecule has 0 N–H and O–H groups in total. The normalized spacial score (nSPS) is 11.5. The summed E-state index contributed by atoms with van der Waals surface area (Å²) in [6.45, 7) is 1.96. The summed E-state index contributed by atoms with van der Waals surface area (Å²) in [5.41, 5.74) is 1.03. The maximum absolute atomic E-state index is 11.9. The highest BCUT2D eigenvalue weighted by molar-refractivity contribution is 7.98. The highest BCUT2D eigenvalue weighted by Gasteiger charge is 2.31. The van der Waals surface area contributed by atoms with Crippen LogP contribution in [0.2, 0.25) is 0 Å². The summed E-state index contributed by atoms with van der Waals surface area (Å²) in [5, 5.41) is 0. The van der Waals surface area contributed by atoms with E-state index in [1.165, 1.54) is 23.9 Å². The van der Waals surface area contributed by atoms with E-state index in [1.807, 2.05) is 13.2 Å². The summed E-state index contributed by atoms with van der Waals surface area (Å²) in [6, 6.07) is 4.41. The summed E-state index contributed by atoms with van der Waals surface area (Å²) >= 11 is 1.41. The minimum atomic E-state index is -4.62. The molecule has 0 saturated heterocycles. The molecule has 0 spiro atoms. The predicted octanol–water partition coefficient (Wildman–Crippen LogP) is 3.87. The van der Waals surface area contributed by atoms with Crippen LogP contribution < -0.4 is 4.74 Å². The van der Waals surface area contributed by atoms with E-state index in [1.54, 1.807) is 6.07 Å². The molecule has 1 aromatic rings. The first-order valence-electron chi connectivity index (χ1n) is 4.39. The molecule has 1 rings (SSSR count). The van der Waals surface area contributed by atoms with Gasteiger partial charge in [0.25, 0.3) is 0 Å². The van der Waals surface area contributed by atoms with Gasteiger partial charge < -0.3 is 4.74 Å². The Bertz CT molecular complexity index is 336. The summed E-state index contributed by atoms with van der Waals surface area (Å²) < 4.78 is 39.6. The molecule has 0 aliphatic carbocycles. The molecular weight excluding hydrogens is 225 g/mol. The first kappa shape index (κ1) is 12.2. The van der Waals surface area contributed by atoms with Crippen molar-refractivity contribution in [3.63, 3.8) is 0 Å². The Labute approximate surface area is 90.6 Å². The second kappa shape index (κ2) is 4.79. The zero-order valence-electron chi connectivity index (χ0n) is 8.39. The maximum atomic E-state index is 11.9. The Morgan fingerprint density at radius 2 is 2.00 bits per heavy atom. The maximum Gasteiger partial charge on any atom is 0.573 e. The zero-order valence-corrected chi connectivity index (χ0v) is 9.21. The number of alkyl halides is 3. The average molecular weight is 236 g/mol. The number of ether oxygens (including phenoxy) is 1. The fraction of sp³-hybridized carbons (Fsp3) is 0.400. The lowest BCUT2D eigenvalue weighted by molar-refractivity contribution is -0.274. The Morgan fingerprint density at radius 1 is 1.33 bits per heavy atom. The van der Waals surface area contributed by atoms with Gasteiger partial charge in [0, 0.05) is 4.90 Å². The number of thioether (sulfide) groups is 1. The summed E-state index contributed by atoms with van der Waals surface area (Å²) in [6.07, 6.45) is -2.00. The largest absolute Gasteiger partial charge is 0.573 e. The van der Waals surface area contributed by atoms with Gasteiger partial charge in [-0.1, -0.05) is 13.0 Å². The van der Waals surface area contributed by atoms with Crippen LogP contribution in [0.5, 0.6) is 5.75 Å². The third-order valence-corrected chi connectivity index (χ3v) is 2.69. The molecule has 0 amide bonds. The van der Waals surface area contributed by atoms with Crippen molar-refractivity contribution in [2.75, 3.05) is 6.26 Å². The van der Waals surface area contributed by atoms with Crippen LogP contribution in [0.25, 0.3) is 0 Å². The Balaban J connectivity index is 2.93. The Hall–Kier alpha value is -0.840. The second-order valence-electron chi connectivity index (χ2n) is 2.88. The molecule has 84 valence electrons. The fourth-order valence-electron chi connectivity index (χ4n) is 1.21. The van der Waals surface area contributed by atoms with Gasteiger partial charge in [-0.25, -0.2) is 0 Å². The second-order valence-corrected chi connectivity index (χ2v) is 3.72. The van der Waals surface area contributed by atoms with Gasteiger partial charge in [0.05, 0.1) is 0 Å². The Kier molecular flexibility index (Phi) is 3.90. The quantitative estimate of drug-likeness (QED) is 0.737. The van der Waals surface area contributed by atoms with Gasteiger partial charge in [-0.2, -0.15) is 0 Å². The van der Waals surface area contributed by atoms with Gasteiger partial charge in [0.15, 0.2) is 0 Å². The third-order valence-electron chi connectivity index (χ3n) is 1.87. The van der Waals surface area contributed by atoms with Gasteiger partial charge in [0.1, 0.15) is 5.75 Å². The molecule has 5 heteroatoms. The monoisotopic (exact) mass is 236 g/mol. The first-order chi connectivity index (χ1) is 6.96. The number of rotatable bonds is 3. The number of benzene rings is 1. The van der Waals surface area contributed by atoms with E-state index >= 15 is 0 Å². The van der Waals surface area contributed by atoms with Crippen molar-refractivity contribution in [2.24, 2.45) is 0 Å². The molecule has 0 fully saturated rings. The smallest absolute Gasteiger partial charge is 0.406 e. The van der Waals surface area contributed by atoms with Crippen LogP contribution in [0.15, 0.2) is 23.1 Å². The molecule has 0 bridgehead atoms. The molecule has 0 heterocycles. The molecule has 0 aromatic heterocycles. The molecule has 0 aliphatic rings. The van der Waals surface area contributed by atoms with Gasteiger partial charge >= 0.3 is 6.36 Å². The van der Waals surface area contributed by atoms with Crippen LogP contribution in [-0.2, 0) is 6.42 Å². The van der Waals surface area contributed by atoms with E-state index in [9.17, 15) is 13.2 Å². The van der Waals surface area contributed by atoms with Crippen molar-refractivity contribution >= 4 is 11.8 Å². The summed E-state index contributed by atoms with van der Waals surface area (Å²) in [5.74, 6) is -0.163. The third kappa shape index (κ3) is 3.66. The van der Waals surface area contributed by atoms with Crippen LogP contribution in [-0.4, -0.2) is 12.6 Å². The van der Waals surface area contributed by atoms with Gasteiger partial charge in [-0.15, -0.1) is 24.9 Å². The van der Waals surface area contributed by atoms with Crippen molar-refractivity contribution in [3.8, 4) is 5.75 Å². The molecule has 1 aromatic carbocycles. The lowest BCUT2D eigenvalue weighted by atomic mass is 10.2. The molecule has 0 atom stereocenters. The highest BCUT2D eigenvalue weighted by atomic mass is 32.2. The summed E-state index contributed by atoms with van der Waals surface area (Å²) in [7, 11) is 0. The number of halogens is 3. The number of hydrogen-bond donors (Lipinski definition) is 0. The van der Waals surface area contributed by atoms with E-state index in [2.05, 4.69) is 4.74 Å². The molecule has 0 radical (unpaired) electrons. The molecule has 0 aliphatic heterocycles. The van der Waals surface area contributed by atoms with Crippen molar-refractivity contribution in [1.82, 2.24) is 0 Å². The van der Waals surface area contributed by atoms with Crippen LogP contribution in [0, 0.1) is 0 Å². The van der Waals surface area contributed by atoms with Gasteiger partial charge in [0.2, 0.25) is 0 Å². The fourth-order valence-corrected chi connectivity index (χ4v) is 1.92. The van der Waals surface area contributed by atoms with Crippen molar-refractivity contribution in [2.45, 2.75) is 24.6 Å². The predicted molar refractivity (Wildman–Crippen MR) is 54.3 cm³/mol. The van der Waals surface area contributed by atoms with Gasteiger partial charge in [-0.3, -0.25) is 0 Å². The van der Waals surface area contributed by atoms with E-state index in [4.69, 9.17) is 0 Å². The van der Waals surface area contributed by atoms with E-state index in [0.29, 0.717) is 0 Å². The standard InChI is InChI=1S/C10H11F3OS/c1-3-7-4-5-8(6-9(7)15-2)14-10(11,12)13/h4-6H,3H2,1-2H3. The number of hydrogen-bond acceptors (Lipinski definition) is 2. The molecular formula is C10H11F3OS. The average Bonchev–Trinajstić information content (AvgIpc) is 2.15. The zero-order chi connectivity index (χ0) is 11.5. The number of aryl methyl sites for hydroxylation is 1. The van der Waals surface area contributed by atoms with E-state index in [0.717, 1.165) is 16.9 Å². The lowest BCUT2D eigenvalue weighted by Crippen LogP contribution is -2.17.